The molecule has 2 aromatic carbocycles. The number of nitrogen functional groups attached to an aromatic ring is 1. The molecule has 2 N–H and O–H groups in total. The van der Waals surface area contributed by atoms with Crippen LogP contribution >= 0.6 is 0 Å². The van der Waals surface area contributed by atoms with Crippen LogP contribution in [0.3, 0.4) is 0 Å². The van der Waals surface area contributed by atoms with Crippen LogP contribution in [0.4, 0.5) is 5.69 Å². The van der Waals surface area contributed by atoms with Crippen molar-refractivity contribution in [1.82, 2.24) is 24.1 Å². The Balaban J connectivity index is 2.07. The fourth-order valence-corrected chi connectivity index (χ4v) is 3.35. The number of nitrogens with zero attached hydrogens (tertiary/aromatic N) is 6. The highest BCUT2D eigenvalue weighted by Gasteiger charge is 2.23. The second-order valence-electron chi connectivity index (χ2n) is 6.52. The first-order chi connectivity index (χ1) is 13.0. The second kappa shape index (κ2) is 6.23. The Bertz CT molecular complexity index is 1250. The fourth-order valence-electron chi connectivity index (χ4n) is 3.35. The highest BCUT2D eigenvalue weighted by molar-refractivity contribution is 5.83. The highest BCUT2D eigenvalue weighted by Crippen LogP contribution is 2.24. The van der Waals surface area contributed by atoms with Crippen molar-refractivity contribution in [3.8, 4) is 6.07 Å². The lowest BCUT2D eigenvalue weighted by Crippen LogP contribution is -2.36. The maximum atomic E-state index is 13.4. The van der Waals surface area contributed by atoms with Crippen molar-refractivity contribution in [2.45, 2.75) is 6.17 Å². The van der Waals surface area contributed by atoms with Crippen molar-refractivity contribution in [2.75, 3.05) is 19.8 Å². The third kappa shape index (κ3) is 2.61. The zero-order valence-electron chi connectivity index (χ0n) is 14.9. The first kappa shape index (κ1) is 16.8. The lowest BCUT2D eigenvalue weighted by atomic mass is 10.1. The molecule has 8 nitrogen and oxygen atoms in total. The van der Waals surface area contributed by atoms with Gasteiger partial charge in [0.15, 0.2) is 0 Å². The summed E-state index contributed by atoms with van der Waals surface area (Å²) in [5, 5.41) is 17.7. The third-order valence-electron chi connectivity index (χ3n) is 4.55. The molecular formula is C19H17N7O. The lowest BCUT2D eigenvalue weighted by Gasteiger charge is -2.27. The summed E-state index contributed by atoms with van der Waals surface area (Å²) in [6.07, 6.45) is 1.15. The summed E-state index contributed by atoms with van der Waals surface area (Å²) in [6, 6.07) is 14.5. The lowest BCUT2D eigenvalue weighted by molar-refractivity contribution is 0.260. The summed E-state index contributed by atoms with van der Waals surface area (Å²) in [5.74, 6) is 0.431. The number of hydrogen-bond acceptors (Lipinski definition) is 6. The molecule has 1 unspecified atom stereocenters. The molecule has 0 spiro atoms. The van der Waals surface area contributed by atoms with Crippen molar-refractivity contribution in [3.63, 3.8) is 0 Å². The minimum atomic E-state index is -0.428. The van der Waals surface area contributed by atoms with E-state index < -0.39 is 6.17 Å². The van der Waals surface area contributed by atoms with E-state index in [1.165, 1.54) is 0 Å². The molecule has 0 aliphatic heterocycles. The number of aromatic nitrogens is 4. The Morgan fingerprint density at radius 1 is 1.19 bits per heavy atom. The Morgan fingerprint density at radius 3 is 2.59 bits per heavy atom. The van der Waals surface area contributed by atoms with Crippen LogP contribution in [0.25, 0.3) is 16.7 Å². The summed E-state index contributed by atoms with van der Waals surface area (Å²) in [4.78, 5) is 15.3. The number of anilines is 1. The van der Waals surface area contributed by atoms with Crippen molar-refractivity contribution >= 4 is 22.4 Å². The molecule has 0 aliphatic carbocycles. The average Bonchev–Trinajstić information content (AvgIpc) is 3.14. The minimum Gasteiger partial charge on any atom is -0.399 e. The van der Waals surface area contributed by atoms with E-state index >= 15 is 0 Å². The number of nitriles is 1. The minimum absolute atomic E-state index is 0.208. The quantitative estimate of drug-likeness (QED) is 0.557. The van der Waals surface area contributed by atoms with Crippen LogP contribution in [0.15, 0.2) is 53.6 Å². The first-order valence-electron chi connectivity index (χ1n) is 8.31. The van der Waals surface area contributed by atoms with Gasteiger partial charge in [-0.2, -0.15) is 5.26 Å². The van der Waals surface area contributed by atoms with E-state index in [9.17, 15) is 4.79 Å². The van der Waals surface area contributed by atoms with Crippen LogP contribution in [-0.2, 0) is 0 Å². The van der Waals surface area contributed by atoms with Gasteiger partial charge in [-0.1, -0.05) is 12.1 Å². The van der Waals surface area contributed by atoms with E-state index in [2.05, 4.69) is 16.3 Å². The summed E-state index contributed by atoms with van der Waals surface area (Å²) < 4.78 is 3.37. The summed E-state index contributed by atoms with van der Waals surface area (Å²) in [7, 11) is 3.76. The van der Waals surface area contributed by atoms with Gasteiger partial charge in [0.25, 0.3) is 5.56 Å². The number of rotatable bonds is 3. The third-order valence-corrected chi connectivity index (χ3v) is 4.55. The molecule has 4 rings (SSSR count). The predicted octanol–water partition coefficient (Wildman–Crippen LogP) is 1.61. The van der Waals surface area contributed by atoms with Gasteiger partial charge in [0.1, 0.15) is 12.5 Å². The Labute approximate surface area is 154 Å². The van der Waals surface area contributed by atoms with E-state index in [-0.39, 0.29) is 5.56 Å². The summed E-state index contributed by atoms with van der Waals surface area (Å²) >= 11 is 0. The van der Waals surface area contributed by atoms with Crippen LogP contribution in [0.1, 0.15) is 17.3 Å². The molecule has 0 bridgehead atoms. The smallest absolute Gasteiger partial charge is 0.264 e. The van der Waals surface area contributed by atoms with Gasteiger partial charge in [-0.3, -0.25) is 18.7 Å². The van der Waals surface area contributed by atoms with Gasteiger partial charge < -0.3 is 5.73 Å². The average molecular weight is 359 g/mol. The molecular weight excluding hydrogens is 342 g/mol. The van der Waals surface area contributed by atoms with Crippen LogP contribution in [0.2, 0.25) is 0 Å². The zero-order valence-corrected chi connectivity index (χ0v) is 14.9. The van der Waals surface area contributed by atoms with Crippen LogP contribution in [0.5, 0.6) is 0 Å². The van der Waals surface area contributed by atoms with E-state index in [4.69, 9.17) is 11.0 Å². The molecule has 2 aromatic heterocycles. The molecule has 1 atom stereocenters. The first-order valence-corrected chi connectivity index (χ1v) is 8.31. The molecule has 0 radical (unpaired) electrons. The Kier molecular flexibility index (Phi) is 3.86. The molecule has 134 valence electrons. The van der Waals surface area contributed by atoms with Gasteiger partial charge in [0.2, 0.25) is 5.78 Å². The monoisotopic (exact) mass is 359 g/mol. The normalized spacial score (nSPS) is 12.5. The van der Waals surface area contributed by atoms with Crippen LogP contribution in [0, 0.1) is 11.3 Å². The van der Waals surface area contributed by atoms with E-state index in [1.807, 2.05) is 31.1 Å². The molecule has 2 heterocycles. The van der Waals surface area contributed by atoms with Gasteiger partial charge in [0.05, 0.1) is 22.5 Å². The van der Waals surface area contributed by atoms with Crippen molar-refractivity contribution < 1.29 is 0 Å². The summed E-state index contributed by atoms with van der Waals surface area (Å²) in [5.41, 5.74) is 8.33. The Morgan fingerprint density at radius 2 is 1.93 bits per heavy atom. The topological polar surface area (TPSA) is 105 Å². The maximum absolute atomic E-state index is 13.4. The van der Waals surface area contributed by atoms with Crippen molar-refractivity contribution in [1.29, 1.82) is 5.26 Å². The SMILES string of the molecule is CN(C)C(c1ccc(C#N)cc1)n1c(=O)c2cc(N)ccc2n2cnnc12. The molecule has 8 heteroatoms. The van der Waals surface area contributed by atoms with Crippen molar-refractivity contribution in [3.05, 3.63) is 70.3 Å². The van der Waals surface area contributed by atoms with Crippen molar-refractivity contribution in [2.24, 2.45) is 0 Å². The molecule has 0 aliphatic rings. The molecule has 0 saturated heterocycles. The Hall–Kier alpha value is -3.70. The standard InChI is InChI=1S/C19H17N7O/c1-24(2)17(13-5-3-12(10-20)4-6-13)26-18(27)15-9-14(21)7-8-16(15)25-11-22-23-19(25)26/h3-9,11,17H,21H2,1-2H3. The molecule has 0 fully saturated rings. The second-order valence-corrected chi connectivity index (χ2v) is 6.52. The summed E-state index contributed by atoms with van der Waals surface area (Å²) in [6.45, 7) is 0. The van der Waals surface area contributed by atoms with Crippen LogP contribution < -0.4 is 11.3 Å². The largest absolute Gasteiger partial charge is 0.399 e. The van der Waals surface area contributed by atoms with Gasteiger partial charge in [-0.25, -0.2) is 0 Å². The van der Waals surface area contributed by atoms with E-state index in [0.29, 0.717) is 27.9 Å². The van der Waals surface area contributed by atoms with Crippen LogP contribution in [-0.4, -0.2) is 38.2 Å². The molecule has 4 aromatic rings. The number of nitrogens with two attached hydrogens (primary N) is 1. The molecule has 0 saturated carbocycles. The van der Waals surface area contributed by atoms with Gasteiger partial charge in [0, 0.05) is 5.69 Å². The predicted molar refractivity (Wildman–Crippen MR) is 102 cm³/mol. The van der Waals surface area contributed by atoms with E-state index in [1.54, 1.807) is 45.6 Å². The number of fused-ring (bicyclic) bond motifs is 3. The zero-order chi connectivity index (χ0) is 19.1. The number of benzene rings is 2. The number of hydrogen-bond donors (Lipinski definition) is 1. The van der Waals surface area contributed by atoms with Gasteiger partial charge in [-0.05, 0) is 50.0 Å². The van der Waals surface area contributed by atoms with E-state index in [0.717, 1.165) is 5.56 Å². The maximum Gasteiger partial charge on any atom is 0.264 e. The highest BCUT2D eigenvalue weighted by atomic mass is 16.1. The molecule has 27 heavy (non-hydrogen) atoms. The van der Waals surface area contributed by atoms with Gasteiger partial charge >= 0.3 is 0 Å². The van der Waals surface area contributed by atoms with Gasteiger partial charge in [-0.15, -0.1) is 10.2 Å². The fraction of sp³-hybridized carbons (Fsp3) is 0.158. The molecule has 0 amide bonds.